The van der Waals surface area contributed by atoms with Crippen molar-refractivity contribution in [3.05, 3.63) is 60.7 Å². The number of benzene rings is 1. The fraction of sp³-hybridized carbons (Fsp3) is 0.176. The first-order chi connectivity index (χ1) is 11.2. The van der Waals surface area contributed by atoms with E-state index < -0.39 is 0 Å². The number of anilines is 2. The third-order valence-electron chi connectivity index (χ3n) is 3.68. The highest BCUT2D eigenvalue weighted by atomic mass is 16.3. The Morgan fingerprint density at radius 1 is 1.30 bits per heavy atom. The molecule has 3 aromatic rings. The van der Waals surface area contributed by atoms with Gasteiger partial charge >= 0.3 is 0 Å². The van der Waals surface area contributed by atoms with Gasteiger partial charge in [-0.05, 0) is 36.4 Å². The van der Waals surface area contributed by atoms with E-state index in [2.05, 4.69) is 10.3 Å². The summed E-state index contributed by atoms with van der Waals surface area (Å²) in [5, 5.41) is 11.8. The monoisotopic (exact) mass is 310 g/mol. The molecule has 118 valence electrons. The summed E-state index contributed by atoms with van der Waals surface area (Å²) >= 11 is 0. The largest absolute Gasteiger partial charge is 0.395 e. The average molecular weight is 310 g/mol. The van der Waals surface area contributed by atoms with Crippen LogP contribution in [0.5, 0.6) is 0 Å². The number of hydrogen-bond donors (Lipinski definition) is 2. The zero-order chi connectivity index (χ0) is 16.2. The molecule has 1 aromatic carbocycles. The van der Waals surface area contributed by atoms with Crippen LogP contribution in [0.3, 0.4) is 0 Å². The first-order valence-corrected chi connectivity index (χ1v) is 7.32. The minimum Gasteiger partial charge on any atom is -0.395 e. The number of carbonyl (C=O) groups is 1. The van der Waals surface area contributed by atoms with E-state index in [0.29, 0.717) is 12.1 Å². The molecule has 0 aliphatic rings. The highest BCUT2D eigenvalue weighted by Crippen LogP contribution is 2.17. The second-order valence-corrected chi connectivity index (χ2v) is 5.29. The summed E-state index contributed by atoms with van der Waals surface area (Å²) in [5.74, 6) is -0.162. The van der Waals surface area contributed by atoms with Crippen LogP contribution in [0.15, 0.2) is 55.1 Å². The molecular formula is C17H18N4O2. The summed E-state index contributed by atoms with van der Waals surface area (Å²) in [6.07, 6.45) is 5.21. The fourth-order valence-corrected chi connectivity index (χ4v) is 2.34. The molecule has 0 atom stereocenters. The van der Waals surface area contributed by atoms with Gasteiger partial charge in [0.2, 0.25) is 0 Å². The van der Waals surface area contributed by atoms with E-state index in [9.17, 15) is 4.79 Å². The molecule has 0 aliphatic heterocycles. The van der Waals surface area contributed by atoms with Gasteiger partial charge in [0.25, 0.3) is 5.91 Å². The number of amides is 1. The molecule has 2 heterocycles. The number of carbonyl (C=O) groups excluding carboxylic acids is 1. The van der Waals surface area contributed by atoms with Crippen molar-refractivity contribution in [2.45, 2.75) is 0 Å². The molecule has 6 nitrogen and oxygen atoms in total. The van der Waals surface area contributed by atoms with Crippen LogP contribution in [-0.4, -0.2) is 40.6 Å². The van der Waals surface area contributed by atoms with Gasteiger partial charge < -0.3 is 19.7 Å². The van der Waals surface area contributed by atoms with Crippen LogP contribution in [-0.2, 0) is 0 Å². The second-order valence-electron chi connectivity index (χ2n) is 5.29. The molecule has 0 fully saturated rings. The van der Waals surface area contributed by atoms with E-state index in [-0.39, 0.29) is 12.5 Å². The van der Waals surface area contributed by atoms with E-state index in [4.69, 9.17) is 5.11 Å². The van der Waals surface area contributed by atoms with Crippen LogP contribution in [0.2, 0.25) is 0 Å². The lowest BCUT2D eigenvalue weighted by molar-refractivity contribution is 0.102. The Balaban J connectivity index is 1.71. The second kappa shape index (κ2) is 6.50. The molecule has 6 heteroatoms. The minimum atomic E-state index is -0.162. The van der Waals surface area contributed by atoms with E-state index in [1.807, 2.05) is 46.8 Å². The van der Waals surface area contributed by atoms with Crippen LogP contribution in [0, 0.1) is 0 Å². The number of nitrogens with one attached hydrogen (secondary N) is 1. The Bertz CT molecular complexity index is 811. The van der Waals surface area contributed by atoms with Crippen molar-refractivity contribution < 1.29 is 9.90 Å². The number of aliphatic hydroxyl groups is 1. The van der Waals surface area contributed by atoms with Crippen molar-refractivity contribution in [3.63, 3.8) is 0 Å². The van der Waals surface area contributed by atoms with Gasteiger partial charge in [-0.25, -0.2) is 4.98 Å². The van der Waals surface area contributed by atoms with Gasteiger partial charge in [-0.15, -0.1) is 0 Å². The van der Waals surface area contributed by atoms with Gasteiger partial charge in [0.05, 0.1) is 24.6 Å². The van der Waals surface area contributed by atoms with Crippen molar-refractivity contribution in [2.24, 2.45) is 0 Å². The third-order valence-corrected chi connectivity index (χ3v) is 3.68. The molecule has 0 spiro atoms. The maximum atomic E-state index is 12.3. The predicted molar refractivity (Wildman–Crippen MR) is 89.9 cm³/mol. The number of nitrogens with zero attached hydrogens (tertiary/aromatic N) is 3. The Morgan fingerprint density at radius 3 is 2.83 bits per heavy atom. The molecule has 3 rings (SSSR count). The van der Waals surface area contributed by atoms with E-state index in [1.54, 1.807) is 24.7 Å². The molecule has 2 aromatic heterocycles. The minimum absolute atomic E-state index is 0.103. The summed E-state index contributed by atoms with van der Waals surface area (Å²) in [6, 6.07) is 11.1. The first kappa shape index (κ1) is 15.1. The molecule has 0 radical (unpaired) electrons. The lowest BCUT2D eigenvalue weighted by Crippen LogP contribution is -2.21. The lowest BCUT2D eigenvalue weighted by atomic mass is 10.2. The van der Waals surface area contributed by atoms with Gasteiger partial charge in [-0.2, -0.15) is 0 Å². The topological polar surface area (TPSA) is 69.9 Å². The van der Waals surface area contributed by atoms with Crippen molar-refractivity contribution in [3.8, 4) is 0 Å². The Kier molecular flexibility index (Phi) is 4.25. The summed E-state index contributed by atoms with van der Waals surface area (Å²) in [7, 11) is 1.91. The van der Waals surface area contributed by atoms with Crippen LogP contribution in [0.4, 0.5) is 11.4 Å². The van der Waals surface area contributed by atoms with Crippen LogP contribution in [0.1, 0.15) is 10.4 Å². The fourth-order valence-electron chi connectivity index (χ4n) is 2.34. The quantitative estimate of drug-likeness (QED) is 0.756. The van der Waals surface area contributed by atoms with Gasteiger partial charge in [-0.3, -0.25) is 4.79 Å². The number of hydrogen-bond acceptors (Lipinski definition) is 4. The number of pyridine rings is 1. The standard InChI is InChI=1S/C17H18N4O2/c1-20(8-9-22)15-4-2-14(3-5-15)19-17(23)13-6-7-21-12-18-11-16(21)10-13/h2-7,10-12,22H,8-9H2,1H3,(H,19,23). The summed E-state index contributed by atoms with van der Waals surface area (Å²) in [5.41, 5.74) is 3.17. The van der Waals surface area contributed by atoms with E-state index in [0.717, 1.165) is 16.9 Å². The van der Waals surface area contributed by atoms with Crippen molar-refractivity contribution >= 4 is 22.8 Å². The molecule has 0 unspecified atom stereocenters. The SMILES string of the molecule is CN(CCO)c1ccc(NC(=O)c2ccn3cncc3c2)cc1. The Morgan fingerprint density at radius 2 is 2.09 bits per heavy atom. The number of likely N-dealkylation sites (N-methyl/N-ethyl adjacent to an activating group) is 1. The normalized spacial score (nSPS) is 10.7. The molecule has 0 saturated carbocycles. The zero-order valence-electron chi connectivity index (χ0n) is 12.8. The summed E-state index contributed by atoms with van der Waals surface area (Å²) in [6.45, 7) is 0.670. The van der Waals surface area contributed by atoms with Gasteiger partial charge in [-0.1, -0.05) is 0 Å². The Labute approximate surface area is 134 Å². The predicted octanol–water partition coefficient (Wildman–Crippen LogP) is 2.02. The van der Waals surface area contributed by atoms with Crippen LogP contribution >= 0.6 is 0 Å². The molecule has 23 heavy (non-hydrogen) atoms. The lowest BCUT2D eigenvalue weighted by Gasteiger charge is -2.18. The van der Waals surface area contributed by atoms with Gasteiger partial charge in [0.1, 0.15) is 0 Å². The highest BCUT2D eigenvalue weighted by Gasteiger charge is 2.08. The van der Waals surface area contributed by atoms with E-state index >= 15 is 0 Å². The van der Waals surface area contributed by atoms with Gasteiger partial charge in [0.15, 0.2) is 0 Å². The molecule has 0 bridgehead atoms. The summed E-state index contributed by atoms with van der Waals surface area (Å²) < 4.78 is 1.85. The molecule has 2 N–H and O–H groups in total. The molecule has 0 aliphatic carbocycles. The number of aromatic nitrogens is 2. The first-order valence-electron chi connectivity index (χ1n) is 7.32. The van der Waals surface area contributed by atoms with Crippen molar-refractivity contribution in [1.82, 2.24) is 9.38 Å². The van der Waals surface area contributed by atoms with Crippen molar-refractivity contribution in [1.29, 1.82) is 0 Å². The summed E-state index contributed by atoms with van der Waals surface area (Å²) in [4.78, 5) is 18.3. The van der Waals surface area contributed by atoms with Gasteiger partial charge in [0, 0.05) is 36.7 Å². The van der Waals surface area contributed by atoms with Crippen LogP contribution in [0.25, 0.3) is 5.52 Å². The smallest absolute Gasteiger partial charge is 0.255 e. The molecule has 1 amide bonds. The molecule has 0 saturated heterocycles. The number of rotatable bonds is 5. The molecular weight excluding hydrogens is 292 g/mol. The van der Waals surface area contributed by atoms with Crippen LogP contribution < -0.4 is 10.2 Å². The van der Waals surface area contributed by atoms with E-state index in [1.165, 1.54) is 0 Å². The van der Waals surface area contributed by atoms with Crippen molar-refractivity contribution in [2.75, 3.05) is 30.4 Å². The number of aliphatic hydroxyl groups excluding tert-OH is 1. The number of imidazole rings is 1. The third kappa shape index (κ3) is 3.32. The number of fused-ring (bicyclic) bond motifs is 1. The average Bonchev–Trinajstić information content (AvgIpc) is 3.03. The Hall–Kier alpha value is -2.86. The maximum Gasteiger partial charge on any atom is 0.255 e. The zero-order valence-corrected chi connectivity index (χ0v) is 12.8. The maximum absolute atomic E-state index is 12.3. The highest BCUT2D eigenvalue weighted by molar-refractivity contribution is 6.04.